The van der Waals surface area contributed by atoms with Gasteiger partial charge in [-0.15, -0.1) is 0 Å². The van der Waals surface area contributed by atoms with Crippen molar-refractivity contribution in [2.45, 2.75) is 56.7 Å². The Balaban J connectivity index is 1.93. The van der Waals surface area contributed by atoms with Crippen molar-refractivity contribution >= 4 is 27.5 Å². The number of hydrogen-bond acceptors (Lipinski definition) is 5. The number of imide groups is 1. The average Bonchev–Trinajstić information content (AvgIpc) is 3.22. The quantitative estimate of drug-likeness (QED) is 0.782. The fraction of sp³-hybridized carbons (Fsp3) is 0.556. The van der Waals surface area contributed by atoms with E-state index >= 15 is 0 Å². The van der Waals surface area contributed by atoms with Crippen LogP contribution in [0.2, 0.25) is 0 Å². The molecule has 0 saturated carbocycles. The van der Waals surface area contributed by atoms with Gasteiger partial charge >= 0.3 is 6.18 Å². The fourth-order valence-corrected chi connectivity index (χ4v) is 5.36. The van der Waals surface area contributed by atoms with E-state index < -0.39 is 50.9 Å². The summed E-state index contributed by atoms with van der Waals surface area (Å²) < 4.78 is 65.6. The Bertz CT molecular complexity index is 933. The summed E-state index contributed by atoms with van der Waals surface area (Å²) in [6, 6.07) is 1.98. The van der Waals surface area contributed by atoms with Crippen molar-refractivity contribution in [2.75, 3.05) is 11.4 Å². The van der Waals surface area contributed by atoms with Gasteiger partial charge in [0.05, 0.1) is 22.5 Å². The van der Waals surface area contributed by atoms with Crippen molar-refractivity contribution in [3.05, 3.63) is 29.8 Å². The minimum Gasteiger partial charge on any atom is -0.300 e. The number of anilines is 1. The molecule has 1 aromatic carbocycles. The normalized spacial score (nSPS) is 24.9. The maximum atomic E-state index is 13.1. The first-order valence-corrected chi connectivity index (χ1v) is 10.6. The van der Waals surface area contributed by atoms with Crippen LogP contribution in [-0.2, 0) is 25.8 Å². The number of amides is 2. The van der Waals surface area contributed by atoms with Crippen molar-refractivity contribution in [3.63, 3.8) is 0 Å². The van der Waals surface area contributed by atoms with Gasteiger partial charge in [0.1, 0.15) is 6.04 Å². The van der Waals surface area contributed by atoms with Crippen molar-refractivity contribution in [1.29, 1.82) is 0 Å². The molecule has 1 N–H and O–H groups in total. The first kappa shape index (κ1) is 21.7. The maximum Gasteiger partial charge on any atom is 0.416 e. The molecule has 2 unspecified atom stereocenters. The van der Waals surface area contributed by atoms with E-state index in [1.165, 1.54) is 24.2 Å². The molecule has 29 heavy (non-hydrogen) atoms. The molecule has 3 rings (SSSR count). The van der Waals surface area contributed by atoms with Crippen molar-refractivity contribution in [2.24, 2.45) is 0 Å². The Morgan fingerprint density at radius 2 is 1.93 bits per heavy atom. The molecule has 0 radical (unpaired) electrons. The molecule has 2 fully saturated rings. The number of sulfonamides is 1. The van der Waals surface area contributed by atoms with Crippen LogP contribution in [0.1, 0.15) is 32.8 Å². The van der Waals surface area contributed by atoms with E-state index in [4.69, 9.17) is 0 Å². The highest BCUT2D eigenvalue weighted by atomic mass is 32.2. The summed E-state index contributed by atoms with van der Waals surface area (Å²) >= 11 is 0. The summed E-state index contributed by atoms with van der Waals surface area (Å²) in [6.45, 7) is 4.37. The molecule has 0 spiro atoms. The number of carbonyl (C=O) groups excluding carboxylic acids is 2. The number of benzene rings is 1. The molecule has 11 heteroatoms. The Labute approximate surface area is 166 Å². The van der Waals surface area contributed by atoms with Crippen LogP contribution < -0.4 is 10.2 Å². The number of alkyl halides is 3. The number of carbonyl (C=O) groups is 2. The first-order valence-electron chi connectivity index (χ1n) is 9.12. The van der Waals surface area contributed by atoms with Gasteiger partial charge in [0.2, 0.25) is 15.9 Å². The Hall–Kier alpha value is -1.98. The van der Waals surface area contributed by atoms with E-state index in [-0.39, 0.29) is 18.3 Å². The highest BCUT2D eigenvalue weighted by molar-refractivity contribution is 7.89. The van der Waals surface area contributed by atoms with Crippen LogP contribution in [0.15, 0.2) is 24.3 Å². The topological polar surface area (TPSA) is 86.8 Å². The van der Waals surface area contributed by atoms with Crippen LogP contribution in [0.25, 0.3) is 0 Å². The lowest BCUT2D eigenvalue weighted by molar-refractivity contribution is -0.137. The smallest absolute Gasteiger partial charge is 0.300 e. The molecule has 2 heterocycles. The number of piperazine rings is 1. The van der Waals surface area contributed by atoms with Gasteiger partial charge in [-0.3, -0.25) is 9.59 Å². The fourth-order valence-electron chi connectivity index (χ4n) is 3.85. The van der Waals surface area contributed by atoms with Gasteiger partial charge in [-0.2, -0.15) is 17.5 Å². The maximum absolute atomic E-state index is 13.1. The van der Waals surface area contributed by atoms with Gasteiger partial charge in [0, 0.05) is 19.5 Å². The van der Waals surface area contributed by atoms with Gasteiger partial charge in [0.15, 0.2) is 0 Å². The van der Waals surface area contributed by atoms with Crippen LogP contribution in [0, 0.1) is 0 Å². The van der Waals surface area contributed by atoms with Gasteiger partial charge in [-0.05, 0) is 38.5 Å². The summed E-state index contributed by atoms with van der Waals surface area (Å²) in [5.74, 6) is -1.52. The summed E-state index contributed by atoms with van der Waals surface area (Å²) in [7, 11) is -3.62. The molecule has 2 amide bonds. The van der Waals surface area contributed by atoms with E-state index in [0.29, 0.717) is 11.3 Å². The minimum atomic E-state index is -4.63. The van der Waals surface area contributed by atoms with E-state index in [1.807, 2.05) is 0 Å². The lowest BCUT2D eigenvalue weighted by Crippen LogP contribution is -2.60. The molecule has 0 aliphatic carbocycles. The van der Waals surface area contributed by atoms with Crippen molar-refractivity contribution in [1.82, 2.24) is 9.62 Å². The van der Waals surface area contributed by atoms with Crippen LogP contribution in [-0.4, -0.2) is 54.5 Å². The second-order valence-electron chi connectivity index (χ2n) is 7.55. The molecule has 2 saturated heterocycles. The highest BCUT2D eigenvalue weighted by Crippen LogP contribution is 2.35. The third kappa shape index (κ3) is 3.90. The molecular formula is C18H22F3N3O4S. The zero-order valence-electron chi connectivity index (χ0n) is 16.1. The van der Waals surface area contributed by atoms with Gasteiger partial charge < -0.3 is 5.32 Å². The molecule has 7 nitrogen and oxygen atoms in total. The second-order valence-corrected chi connectivity index (χ2v) is 9.99. The van der Waals surface area contributed by atoms with E-state index in [9.17, 15) is 31.2 Å². The van der Waals surface area contributed by atoms with E-state index in [2.05, 4.69) is 5.32 Å². The SMILES string of the molecule is CC(=O)N(C(=O)[C@@H]1NC2CC1N(S(=O)(=O)C(C)C)C2)c1cccc(C(F)(F)F)c1. The summed E-state index contributed by atoms with van der Waals surface area (Å²) in [5, 5.41) is 2.33. The molecule has 0 aromatic heterocycles. The number of nitrogens with one attached hydrogen (secondary N) is 1. The Morgan fingerprint density at radius 3 is 2.45 bits per heavy atom. The number of nitrogens with zero attached hydrogens (tertiary/aromatic N) is 2. The average molecular weight is 433 g/mol. The zero-order valence-corrected chi connectivity index (χ0v) is 16.9. The summed E-state index contributed by atoms with van der Waals surface area (Å²) in [5.41, 5.74) is -1.20. The largest absolute Gasteiger partial charge is 0.416 e. The molecule has 2 bridgehead atoms. The standard InChI is InChI=1S/C18H22F3N3O4S/c1-10(2)29(27,28)23-9-13-8-15(23)16(22-13)17(26)24(11(3)25)14-6-4-5-12(7-14)18(19,20)21/h4-7,10,13,15-16,22H,8-9H2,1-3H3/t13?,15?,16-/m1/s1. The molecular weight excluding hydrogens is 411 g/mol. The number of hydrogen-bond donors (Lipinski definition) is 1. The molecule has 1 aromatic rings. The van der Waals surface area contributed by atoms with Crippen molar-refractivity contribution < 1.29 is 31.2 Å². The second kappa shape index (κ2) is 7.37. The highest BCUT2D eigenvalue weighted by Gasteiger charge is 2.53. The van der Waals surface area contributed by atoms with E-state index in [0.717, 1.165) is 25.1 Å². The molecule has 2 aliphatic rings. The predicted octanol–water partition coefficient (Wildman–Crippen LogP) is 1.74. The van der Waals surface area contributed by atoms with Crippen LogP contribution in [0.5, 0.6) is 0 Å². The Morgan fingerprint density at radius 1 is 1.28 bits per heavy atom. The van der Waals surface area contributed by atoms with Gasteiger partial charge in [0.25, 0.3) is 5.91 Å². The summed E-state index contributed by atoms with van der Waals surface area (Å²) in [4.78, 5) is 26.0. The number of halogens is 3. The number of rotatable bonds is 4. The monoisotopic (exact) mass is 433 g/mol. The van der Waals surface area contributed by atoms with Crippen LogP contribution in [0.4, 0.5) is 18.9 Å². The van der Waals surface area contributed by atoms with Crippen molar-refractivity contribution in [3.8, 4) is 0 Å². The molecule has 2 aliphatic heterocycles. The zero-order chi connectivity index (χ0) is 21.7. The number of fused-ring (bicyclic) bond motifs is 2. The summed E-state index contributed by atoms with van der Waals surface area (Å²) in [6.07, 6.45) is -4.23. The van der Waals surface area contributed by atoms with Crippen LogP contribution in [0.3, 0.4) is 0 Å². The predicted molar refractivity (Wildman–Crippen MR) is 99.5 cm³/mol. The third-order valence-corrected chi connectivity index (χ3v) is 7.52. The van der Waals surface area contributed by atoms with Gasteiger partial charge in [-0.25, -0.2) is 13.3 Å². The molecule has 3 atom stereocenters. The minimum absolute atomic E-state index is 0.208. The Kier molecular flexibility index (Phi) is 5.52. The lowest BCUT2D eigenvalue weighted by atomic mass is 10.1. The third-order valence-electron chi connectivity index (χ3n) is 5.25. The molecule has 160 valence electrons. The van der Waals surface area contributed by atoms with Crippen LogP contribution >= 0.6 is 0 Å². The lowest BCUT2D eigenvalue weighted by Gasteiger charge is -2.35. The first-order chi connectivity index (χ1) is 13.3. The van der Waals surface area contributed by atoms with Gasteiger partial charge in [-0.1, -0.05) is 6.07 Å². The van der Waals surface area contributed by atoms with E-state index in [1.54, 1.807) is 0 Å².